The summed E-state index contributed by atoms with van der Waals surface area (Å²) in [6.45, 7) is 0.788. The van der Waals surface area contributed by atoms with E-state index < -0.39 is 17.6 Å². The van der Waals surface area contributed by atoms with Crippen LogP contribution in [0.5, 0.6) is 5.88 Å². The van der Waals surface area contributed by atoms with Crippen molar-refractivity contribution in [2.24, 2.45) is 0 Å². The van der Waals surface area contributed by atoms with E-state index in [0.717, 1.165) is 6.92 Å². The van der Waals surface area contributed by atoms with Gasteiger partial charge in [0.15, 0.2) is 11.5 Å². The Balaban J connectivity index is 1.72. The van der Waals surface area contributed by atoms with Crippen molar-refractivity contribution < 1.29 is 17.9 Å². The number of rotatable bonds is 5. The highest BCUT2D eigenvalue weighted by Gasteiger charge is 2.32. The van der Waals surface area contributed by atoms with Crippen molar-refractivity contribution in [1.29, 1.82) is 0 Å². The maximum absolute atomic E-state index is 14.4. The lowest BCUT2D eigenvalue weighted by molar-refractivity contribution is 0.00492. The summed E-state index contributed by atoms with van der Waals surface area (Å²) in [6, 6.07) is 9.31. The van der Waals surface area contributed by atoms with Crippen LogP contribution in [0.25, 0.3) is 27.9 Å². The quantitative estimate of drug-likeness (QED) is 0.405. The number of halogens is 3. The second-order valence-electron chi connectivity index (χ2n) is 7.38. The molecule has 0 amide bonds. The van der Waals surface area contributed by atoms with Crippen LogP contribution < -0.4 is 4.74 Å². The zero-order valence-corrected chi connectivity index (χ0v) is 17.1. The first-order chi connectivity index (χ1) is 15.3. The molecule has 0 aliphatic carbocycles. The monoisotopic (exact) mass is 438 g/mol. The highest BCUT2D eigenvalue weighted by atomic mass is 19.3. The van der Waals surface area contributed by atoms with Crippen LogP contribution >= 0.6 is 0 Å². The molecular weight excluding hydrogens is 421 g/mol. The van der Waals surface area contributed by atoms with Gasteiger partial charge in [-0.25, -0.2) is 19.3 Å². The zero-order valence-electron chi connectivity index (χ0n) is 17.1. The number of benzene rings is 1. The van der Waals surface area contributed by atoms with Crippen molar-refractivity contribution in [3.05, 3.63) is 72.3 Å². The second kappa shape index (κ2) is 7.33. The van der Waals surface area contributed by atoms with Gasteiger partial charge in [0, 0.05) is 19.7 Å². The average Bonchev–Trinajstić information content (AvgIpc) is 3.35. The highest BCUT2D eigenvalue weighted by molar-refractivity contribution is 5.83. The molecule has 0 spiro atoms. The normalized spacial score (nSPS) is 12.0. The fourth-order valence-electron chi connectivity index (χ4n) is 3.75. The fraction of sp³-hybridized carbons (Fsp3) is 0.182. The molecule has 0 unspecified atom stereocenters. The summed E-state index contributed by atoms with van der Waals surface area (Å²) in [5.41, 5.74) is 2.95. The molecule has 0 bridgehead atoms. The van der Waals surface area contributed by atoms with Gasteiger partial charge in [0.1, 0.15) is 17.7 Å². The minimum Gasteiger partial charge on any atom is -0.479 e. The largest absolute Gasteiger partial charge is 0.479 e. The van der Waals surface area contributed by atoms with E-state index >= 15 is 0 Å². The van der Waals surface area contributed by atoms with Gasteiger partial charge in [0.2, 0.25) is 5.88 Å². The van der Waals surface area contributed by atoms with E-state index in [0.29, 0.717) is 33.7 Å². The predicted octanol–water partition coefficient (Wildman–Crippen LogP) is 4.47. The summed E-state index contributed by atoms with van der Waals surface area (Å²) in [6.07, 6.45) is 4.70. The fourth-order valence-corrected chi connectivity index (χ4v) is 3.75. The molecular formula is C22H17F3N6O. The molecule has 0 fully saturated rings. The molecule has 0 radical (unpaired) electrons. The van der Waals surface area contributed by atoms with Gasteiger partial charge in [-0.3, -0.25) is 0 Å². The molecule has 0 N–H and O–H groups in total. The summed E-state index contributed by atoms with van der Waals surface area (Å²) in [7, 11) is 1.50. The molecule has 0 atom stereocenters. The Bertz CT molecular complexity index is 1450. The SMILES string of the molecule is COc1ncnc2ccn(-c3cnc4nc(C(C)(F)F)n(Cc5cccc(F)c5)c4c3)c12. The lowest BCUT2D eigenvalue weighted by Gasteiger charge is -2.14. The minimum absolute atomic E-state index is 0.0109. The van der Waals surface area contributed by atoms with Crippen LogP contribution in [0.2, 0.25) is 0 Å². The maximum Gasteiger partial charge on any atom is 0.302 e. The van der Waals surface area contributed by atoms with Crippen LogP contribution in [0.15, 0.2) is 55.1 Å². The lowest BCUT2D eigenvalue weighted by Crippen LogP contribution is -2.17. The third kappa shape index (κ3) is 3.33. The number of methoxy groups -OCH3 is 1. The molecule has 0 saturated carbocycles. The van der Waals surface area contributed by atoms with E-state index in [2.05, 4.69) is 19.9 Å². The number of pyridine rings is 1. The molecule has 0 aliphatic rings. The number of aromatic nitrogens is 6. The van der Waals surface area contributed by atoms with Gasteiger partial charge in [-0.05, 0) is 29.8 Å². The van der Waals surface area contributed by atoms with Crippen molar-refractivity contribution >= 4 is 22.2 Å². The number of hydrogen-bond donors (Lipinski definition) is 0. The third-order valence-corrected chi connectivity index (χ3v) is 5.12. The molecule has 4 heterocycles. The molecule has 4 aromatic heterocycles. The Kier molecular flexibility index (Phi) is 4.58. The molecule has 162 valence electrons. The molecule has 0 saturated heterocycles. The van der Waals surface area contributed by atoms with Crippen LogP contribution in [-0.4, -0.2) is 36.2 Å². The second-order valence-corrected chi connectivity index (χ2v) is 7.38. The number of alkyl halides is 2. The molecule has 5 rings (SSSR count). The lowest BCUT2D eigenvalue weighted by atomic mass is 10.2. The molecule has 10 heteroatoms. The number of hydrogen-bond acceptors (Lipinski definition) is 5. The third-order valence-electron chi connectivity index (χ3n) is 5.12. The standard InChI is InChI=1S/C22H17F3N6O/c1-22(24,25)21-29-19-17(31(21)11-13-4-3-5-14(23)8-13)9-15(10-26-19)30-7-6-16-18(30)20(32-2)28-12-27-16/h3-10,12H,11H2,1-2H3. The van der Waals surface area contributed by atoms with Gasteiger partial charge < -0.3 is 13.9 Å². The summed E-state index contributed by atoms with van der Waals surface area (Å²) in [5, 5.41) is 0. The first-order valence-corrected chi connectivity index (χ1v) is 9.70. The van der Waals surface area contributed by atoms with Crippen LogP contribution in [0, 0.1) is 5.82 Å². The van der Waals surface area contributed by atoms with Gasteiger partial charge in [0.05, 0.1) is 30.0 Å². The molecule has 1 aromatic carbocycles. The smallest absolute Gasteiger partial charge is 0.302 e. The van der Waals surface area contributed by atoms with Crippen molar-refractivity contribution in [2.45, 2.75) is 19.4 Å². The Morgan fingerprint density at radius 3 is 2.69 bits per heavy atom. The van der Waals surface area contributed by atoms with E-state index in [1.54, 1.807) is 29.0 Å². The summed E-state index contributed by atoms with van der Waals surface area (Å²) in [5.74, 6) is -3.74. The van der Waals surface area contributed by atoms with E-state index in [1.165, 1.54) is 42.4 Å². The van der Waals surface area contributed by atoms with Crippen molar-refractivity contribution in [2.75, 3.05) is 7.11 Å². The number of fused-ring (bicyclic) bond motifs is 2. The van der Waals surface area contributed by atoms with Crippen LogP contribution in [-0.2, 0) is 12.5 Å². The van der Waals surface area contributed by atoms with Crippen molar-refractivity contribution in [1.82, 2.24) is 29.1 Å². The Morgan fingerprint density at radius 2 is 1.94 bits per heavy atom. The van der Waals surface area contributed by atoms with E-state index in [1.807, 2.05) is 0 Å². The van der Waals surface area contributed by atoms with Gasteiger partial charge >= 0.3 is 5.92 Å². The van der Waals surface area contributed by atoms with Gasteiger partial charge in [0.25, 0.3) is 0 Å². The first kappa shape index (κ1) is 20.0. The zero-order chi connectivity index (χ0) is 22.5. The molecule has 5 aromatic rings. The molecule has 0 aliphatic heterocycles. The van der Waals surface area contributed by atoms with Crippen molar-refractivity contribution in [3.8, 4) is 11.6 Å². The summed E-state index contributed by atoms with van der Waals surface area (Å²) < 4.78 is 51.0. The van der Waals surface area contributed by atoms with Crippen LogP contribution in [0.1, 0.15) is 18.3 Å². The van der Waals surface area contributed by atoms with Crippen LogP contribution in [0.3, 0.4) is 0 Å². The number of nitrogens with zero attached hydrogens (tertiary/aromatic N) is 6. The minimum atomic E-state index is -3.22. The summed E-state index contributed by atoms with van der Waals surface area (Å²) >= 11 is 0. The molecule has 7 nitrogen and oxygen atoms in total. The van der Waals surface area contributed by atoms with E-state index in [9.17, 15) is 13.2 Å². The van der Waals surface area contributed by atoms with Crippen LogP contribution in [0.4, 0.5) is 13.2 Å². The summed E-state index contributed by atoms with van der Waals surface area (Å²) in [4.78, 5) is 16.8. The highest BCUT2D eigenvalue weighted by Crippen LogP contribution is 2.32. The Hall–Kier alpha value is -3.95. The topological polar surface area (TPSA) is 70.7 Å². The van der Waals surface area contributed by atoms with Gasteiger partial charge in [-0.15, -0.1) is 0 Å². The average molecular weight is 438 g/mol. The Labute approximate surface area is 180 Å². The van der Waals surface area contributed by atoms with Gasteiger partial charge in [-0.2, -0.15) is 13.8 Å². The van der Waals surface area contributed by atoms with E-state index in [4.69, 9.17) is 4.74 Å². The predicted molar refractivity (Wildman–Crippen MR) is 112 cm³/mol. The molecule has 32 heavy (non-hydrogen) atoms. The maximum atomic E-state index is 14.4. The Morgan fingerprint density at radius 1 is 1.09 bits per heavy atom. The van der Waals surface area contributed by atoms with Gasteiger partial charge in [-0.1, -0.05) is 12.1 Å². The number of ether oxygens (including phenoxy) is 1. The van der Waals surface area contributed by atoms with E-state index in [-0.39, 0.29) is 12.2 Å². The first-order valence-electron chi connectivity index (χ1n) is 9.70. The number of imidazole rings is 1. The van der Waals surface area contributed by atoms with Crippen molar-refractivity contribution in [3.63, 3.8) is 0 Å².